The monoisotopic (exact) mass is 335 g/mol. The zero-order chi connectivity index (χ0) is 18.0. The molecule has 0 spiro atoms. The van der Waals surface area contributed by atoms with Crippen LogP contribution in [0.25, 0.3) is 10.8 Å². The molecule has 0 aliphatic carbocycles. The number of fused-ring (bicyclic) bond motifs is 1. The van der Waals surface area contributed by atoms with E-state index in [4.69, 9.17) is 9.47 Å². The average Bonchev–Trinajstić information content (AvgIpc) is 2.54. The van der Waals surface area contributed by atoms with Crippen LogP contribution in [0.2, 0.25) is 0 Å². The standard InChI is InChI=1S/C17H21NO6/c1-5-6-10-7-11-12(16(20)18(10)9(2)17(21)22)8-13(23-3)14(19)15(11)24-4/h7-9,19H,5-6H2,1-4H3,(H,21,22). The lowest BCUT2D eigenvalue weighted by Crippen LogP contribution is -2.31. The number of ether oxygens (including phenoxy) is 2. The van der Waals surface area contributed by atoms with Gasteiger partial charge in [-0.25, -0.2) is 4.79 Å². The number of aromatic hydroxyl groups is 1. The number of methoxy groups -OCH3 is 2. The van der Waals surface area contributed by atoms with Crippen molar-refractivity contribution in [3.8, 4) is 17.2 Å². The molecular formula is C17H21NO6. The number of hydrogen-bond donors (Lipinski definition) is 2. The van der Waals surface area contributed by atoms with Gasteiger partial charge in [0.05, 0.1) is 19.6 Å². The summed E-state index contributed by atoms with van der Waals surface area (Å²) in [4.78, 5) is 24.3. The molecule has 2 aromatic rings. The molecule has 7 nitrogen and oxygen atoms in total. The Morgan fingerprint density at radius 1 is 1.25 bits per heavy atom. The highest BCUT2D eigenvalue weighted by Gasteiger charge is 2.23. The van der Waals surface area contributed by atoms with Gasteiger partial charge in [-0.15, -0.1) is 0 Å². The lowest BCUT2D eigenvalue weighted by molar-refractivity contribution is -0.140. The summed E-state index contributed by atoms with van der Waals surface area (Å²) < 4.78 is 11.6. The third-order valence-electron chi connectivity index (χ3n) is 4.00. The number of aromatic nitrogens is 1. The van der Waals surface area contributed by atoms with Gasteiger partial charge in [-0.2, -0.15) is 0 Å². The Hall–Kier alpha value is -2.70. The highest BCUT2D eigenvalue weighted by atomic mass is 16.5. The van der Waals surface area contributed by atoms with Gasteiger partial charge >= 0.3 is 5.97 Å². The molecule has 0 saturated carbocycles. The van der Waals surface area contributed by atoms with Gasteiger partial charge in [-0.05, 0) is 25.5 Å². The Bertz CT molecular complexity index is 839. The highest BCUT2D eigenvalue weighted by Crippen LogP contribution is 2.42. The van der Waals surface area contributed by atoms with Crippen molar-refractivity contribution in [2.45, 2.75) is 32.7 Å². The van der Waals surface area contributed by atoms with Gasteiger partial charge in [0.25, 0.3) is 5.56 Å². The summed E-state index contributed by atoms with van der Waals surface area (Å²) >= 11 is 0. The molecule has 0 saturated heterocycles. The molecule has 2 N–H and O–H groups in total. The first-order chi connectivity index (χ1) is 11.4. The Morgan fingerprint density at radius 2 is 1.92 bits per heavy atom. The number of pyridine rings is 1. The number of carboxylic acid groups (broad SMARTS) is 1. The number of phenols is 1. The van der Waals surface area contributed by atoms with Crippen molar-refractivity contribution in [1.82, 2.24) is 4.57 Å². The van der Waals surface area contributed by atoms with Crippen LogP contribution in [0, 0.1) is 0 Å². The number of rotatable bonds is 6. The van der Waals surface area contributed by atoms with Crippen molar-refractivity contribution in [3.63, 3.8) is 0 Å². The maximum Gasteiger partial charge on any atom is 0.326 e. The van der Waals surface area contributed by atoms with Gasteiger partial charge in [-0.1, -0.05) is 13.3 Å². The number of hydrogen-bond acceptors (Lipinski definition) is 5. The van der Waals surface area contributed by atoms with Crippen molar-refractivity contribution in [2.24, 2.45) is 0 Å². The fourth-order valence-electron chi connectivity index (χ4n) is 2.80. The van der Waals surface area contributed by atoms with E-state index in [0.29, 0.717) is 17.5 Å². The molecule has 7 heteroatoms. The van der Waals surface area contributed by atoms with Crippen LogP contribution in [0.5, 0.6) is 17.2 Å². The van der Waals surface area contributed by atoms with E-state index < -0.39 is 17.6 Å². The number of carbonyl (C=O) groups is 1. The summed E-state index contributed by atoms with van der Waals surface area (Å²) in [6.07, 6.45) is 1.26. The summed E-state index contributed by atoms with van der Waals surface area (Å²) in [5.41, 5.74) is 0.121. The lowest BCUT2D eigenvalue weighted by Gasteiger charge is -2.19. The second kappa shape index (κ2) is 6.82. The van der Waals surface area contributed by atoms with Crippen LogP contribution in [-0.2, 0) is 11.2 Å². The Balaban J connectivity index is 2.96. The van der Waals surface area contributed by atoms with Crippen LogP contribution < -0.4 is 15.0 Å². The third-order valence-corrected chi connectivity index (χ3v) is 4.00. The van der Waals surface area contributed by atoms with Crippen molar-refractivity contribution < 1.29 is 24.5 Å². The van der Waals surface area contributed by atoms with Crippen LogP contribution in [0.3, 0.4) is 0 Å². The Kier molecular flexibility index (Phi) is 5.02. The quantitative estimate of drug-likeness (QED) is 0.841. The number of carboxylic acids is 1. The molecule has 1 atom stereocenters. The SMILES string of the molecule is CCCc1cc2c(OC)c(O)c(OC)cc2c(=O)n1C(C)C(=O)O. The first-order valence-electron chi connectivity index (χ1n) is 7.62. The molecule has 0 radical (unpaired) electrons. The minimum absolute atomic E-state index is 0.0919. The van der Waals surface area contributed by atoms with E-state index in [1.165, 1.54) is 31.8 Å². The second-order valence-electron chi connectivity index (χ2n) is 5.50. The number of benzene rings is 1. The molecule has 2 rings (SSSR count). The minimum Gasteiger partial charge on any atom is -0.502 e. The molecule has 1 heterocycles. The number of aryl methyl sites for hydroxylation is 1. The average molecular weight is 335 g/mol. The Morgan fingerprint density at radius 3 is 2.42 bits per heavy atom. The van der Waals surface area contributed by atoms with Crippen LogP contribution in [0.1, 0.15) is 32.0 Å². The van der Waals surface area contributed by atoms with Crippen molar-refractivity contribution >= 4 is 16.7 Å². The molecule has 130 valence electrons. The van der Waals surface area contributed by atoms with Gasteiger partial charge in [0.1, 0.15) is 6.04 Å². The molecule has 24 heavy (non-hydrogen) atoms. The van der Waals surface area contributed by atoms with E-state index in [-0.39, 0.29) is 22.6 Å². The zero-order valence-corrected chi connectivity index (χ0v) is 14.1. The predicted molar refractivity (Wildman–Crippen MR) is 89.3 cm³/mol. The summed E-state index contributed by atoms with van der Waals surface area (Å²) in [6.45, 7) is 3.40. The van der Waals surface area contributed by atoms with Gasteiger partial charge in [0.2, 0.25) is 5.75 Å². The van der Waals surface area contributed by atoms with Gasteiger partial charge < -0.3 is 19.7 Å². The van der Waals surface area contributed by atoms with Crippen molar-refractivity contribution in [3.05, 3.63) is 28.2 Å². The maximum absolute atomic E-state index is 12.9. The number of phenolic OH excluding ortho intramolecular Hbond substituents is 1. The van der Waals surface area contributed by atoms with Crippen molar-refractivity contribution in [1.29, 1.82) is 0 Å². The van der Waals surface area contributed by atoms with Crippen LogP contribution in [0.4, 0.5) is 0 Å². The molecule has 1 unspecified atom stereocenters. The topological polar surface area (TPSA) is 98.0 Å². The maximum atomic E-state index is 12.9. The largest absolute Gasteiger partial charge is 0.502 e. The normalized spacial score (nSPS) is 12.2. The molecule has 0 aliphatic heterocycles. The summed E-state index contributed by atoms with van der Waals surface area (Å²) in [5, 5.41) is 20.2. The van der Waals surface area contributed by atoms with E-state index in [2.05, 4.69) is 0 Å². The molecule has 0 bridgehead atoms. The van der Waals surface area contributed by atoms with E-state index in [1.54, 1.807) is 6.07 Å². The van der Waals surface area contributed by atoms with E-state index >= 15 is 0 Å². The highest BCUT2D eigenvalue weighted by molar-refractivity contribution is 5.93. The molecule has 1 aromatic carbocycles. The van der Waals surface area contributed by atoms with E-state index in [9.17, 15) is 19.8 Å². The Labute approximate surface area is 139 Å². The lowest BCUT2D eigenvalue weighted by atomic mass is 10.1. The van der Waals surface area contributed by atoms with Gasteiger partial charge in [0, 0.05) is 11.1 Å². The van der Waals surface area contributed by atoms with E-state index in [1.807, 2.05) is 6.92 Å². The smallest absolute Gasteiger partial charge is 0.326 e. The van der Waals surface area contributed by atoms with Gasteiger partial charge in [-0.3, -0.25) is 9.36 Å². The summed E-state index contributed by atoms with van der Waals surface area (Å²) in [6, 6.07) is 2.09. The molecule has 0 fully saturated rings. The number of aliphatic carboxylic acids is 1. The second-order valence-corrected chi connectivity index (χ2v) is 5.50. The molecule has 1 aromatic heterocycles. The summed E-state index contributed by atoms with van der Waals surface area (Å²) in [5.74, 6) is -1.06. The van der Waals surface area contributed by atoms with Crippen LogP contribution >= 0.6 is 0 Å². The van der Waals surface area contributed by atoms with E-state index in [0.717, 1.165) is 6.42 Å². The predicted octanol–water partition coefficient (Wildman–Crippen LogP) is 2.32. The first-order valence-corrected chi connectivity index (χ1v) is 7.62. The molecule has 0 amide bonds. The molecular weight excluding hydrogens is 314 g/mol. The number of nitrogens with zero attached hydrogens (tertiary/aromatic N) is 1. The zero-order valence-electron chi connectivity index (χ0n) is 14.1. The van der Waals surface area contributed by atoms with Crippen LogP contribution in [-0.4, -0.2) is 35.0 Å². The fraction of sp³-hybridized carbons (Fsp3) is 0.412. The van der Waals surface area contributed by atoms with Gasteiger partial charge in [0.15, 0.2) is 11.5 Å². The first kappa shape index (κ1) is 17.7. The molecule has 0 aliphatic rings. The van der Waals surface area contributed by atoms with Crippen molar-refractivity contribution in [2.75, 3.05) is 14.2 Å². The minimum atomic E-state index is -1.09. The summed E-state index contributed by atoms with van der Waals surface area (Å²) in [7, 11) is 2.75. The fourth-order valence-corrected chi connectivity index (χ4v) is 2.80. The van der Waals surface area contributed by atoms with Crippen LogP contribution in [0.15, 0.2) is 16.9 Å². The third kappa shape index (κ3) is 2.77.